The molecule has 1 aliphatic heterocycles. The van der Waals surface area contributed by atoms with Gasteiger partial charge >= 0.3 is 12.1 Å². The van der Waals surface area contributed by atoms with Crippen LogP contribution < -0.4 is 0 Å². The normalized spacial score (nSPS) is 19.9. The van der Waals surface area contributed by atoms with E-state index in [2.05, 4.69) is 0 Å². The van der Waals surface area contributed by atoms with Crippen LogP contribution in [0.25, 0.3) is 10.9 Å². The first-order valence-electron chi connectivity index (χ1n) is 12.2. The summed E-state index contributed by atoms with van der Waals surface area (Å²) in [5.41, 5.74) is 3.16. The fourth-order valence-electron chi connectivity index (χ4n) is 4.95. The van der Waals surface area contributed by atoms with Crippen molar-refractivity contribution in [1.82, 2.24) is 14.8 Å². The quantitative estimate of drug-likeness (QED) is 0.569. The van der Waals surface area contributed by atoms with E-state index in [1.807, 2.05) is 19.9 Å². The summed E-state index contributed by atoms with van der Waals surface area (Å²) in [5.74, 6) is -0.110. The summed E-state index contributed by atoms with van der Waals surface area (Å²) in [5, 5.41) is 1.45. The minimum atomic E-state index is -0.324. The van der Waals surface area contributed by atoms with E-state index < -0.39 is 0 Å². The molecular weight excluding hydrogens is 470 g/mol. The zero-order chi connectivity index (χ0) is 25.1. The number of fused-ring (bicyclic) bond motifs is 2. The van der Waals surface area contributed by atoms with Crippen molar-refractivity contribution in [2.24, 2.45) is 5.92 Å². The van der Waals surface area contributed by atoms with E-state index in [4.69, 9.17) is 26.1 Å². The third kappa shape index (κ3) is 5.37. The number of amides is 2. The van der Waals surface area contributed by atoms with E-state index in [0.29, 0.717) is 55.2 Å². The molecule has 1 aromatic carbocycles. The number of esters is 1. The fourth-order valence-corrected chi connectivity index (χ4v) is 5.30. The molecule has 0 N–H and O–H groups in total. The number of aromatic nitrogens is 1. The average Bonchev–Trinajstić information content (AvgIpc) is 2.86. The van der Waals surface area contributed by atoms with Gasteiger partial charge < -0.3 is 19.3 Å². The van der Waals surface area contributed by atoms with Crippen molar-refractivity contribution in [2.75, 3.05) is 33.4 Å². The third-order valence-electron chi connectivity index (χ3n) is 6.89. The Morgan fingerprint density at radius 3 is 2.74 bits per heavy atom. The molecule has 188 valence electrons. The molecule has 35 heavy (non-hydrogen) atoms. The molecule has 1 unspecified atom stereocenters. The number of piperazine rings is 1. The number of benzene rings is 1. The fraction of sp³-hybridized carbons (Fsp3) is 0.538. The van der Waals surface area contributed by atoms with Gasteiger partial charge in [-0.2, -0.15) is 0 Å². The summed E-state index contributed by atoms with van der Waals surface area (Å²) >= 11 is 6.78. The summed E-state index contributed by atoms with van der Waals surface area (Å²) in [7, 11) is 1.40. The Kier molecular flexibility index (Phi) is 7.79. The molecule has 1 saturated heterocycles. The number of halogens is 1. The predicted molar refractivity (Wildman–Crippen MR) is 133 cm³/mol. The van der Waals surface area contributed by atoms with E-state index >= 15 is 0 Å². The molecule has 1 fully saturated rings. The summed E-state index contributed by atoms with van der Waals surface area (Å²) < 4.78 is 10.1. The Labute approximate surface area is 210 Å². The molecule has 2 amide bonds. The van der Waals surface area contributed by atoms with Crippen molar-refractivity contribution in [2.45, 2.75) is 52.0 Å². The molecule has 2 aliphatic rings. The lowest BCUT2D eigenvalue weighted by molar-refractivity contribution is -0.141. The van der Waals surface area contributed by atoms with Crippen LogP contribution in [0.5, 0.6) is 0 Å². The predicted octanol–water partition coefficient (Wildman–Crippen LogP) is 4.25. The van der Waals surface area contributed by atoms with Crippen molar-refractivity contribution < 1.29 is 23.9 Å². The highest BCUT2D eigenvalue weighted by molar-refractivity contribution is 6.36. The average molecular weight is 502 g/mol. The Hall–Kier alpha value is -2.87. The van der Waals surface area contributed by atoms with E-state index in [1.165, 1.54) is 7.11 Å². The second-order valence-electron chi connectivity index (χ2n) is 9.38. The van der Waals surface area contributed by atoms with Gasteiger partial charge in [-0.3, -0.25) is 14.6 Å². The minimum Gasteiger partial charge on any atom is -0.469 e. The van der Waals surface area contributed by atoms with Gasteiger partial charge in [-0.1, -0.05) is 24.6 Å². The van der Waals surface area contributed by atoms with Gasteiger partial charge in [0.15, 0.2) is 0 Å². The molecule has 4 rings (SSSR count). The molecule has 0 radical (unpaired) electrons. The maximum atomic E-state index is 13.3. The number of carbonyl (C=O) groups excluding carboxylic acids is 3. The van der Waals surface area contributed by atoms with Crippen LogP contribution in [0.4, 0.5) is 4.79 Å². The number of pyridine rings is 1. The summed E-state index contributed by atoms with van der Waals surface area (Å²) in [6.07, 6.45) is 3.09. The number of ether oxygens (including phenoxy) is 2. The first-order chi connectivity index (χ1) is 16.8. The second-order valence-corrected chi connectivity index (χ2v) is 9.76. The maximum absolute atomic E-state index is 13.3. The van der Waals surface area contributed by atoms with Crippen molar-refractivity contribution in [3.63, 3.8) is 0 Å². The van der Waals surface area contributed by atoms with Crippen LogP contribution in [0.15, 0.2) is 18.2 Å². The Morgan fingerprint density at radius 2 is 2.03 bits per heavy atom. The van der Waals surface area contributed by atoms with Crippen LogP contribution in [0.2, 0.25) is 5.02 Å². The van der Waals surface area contributed by atoms with Crippen LogP contribution >= 0.6 is 11.6 Å². The van der Waals surface area contributed by atoms with E-state index in [-0.39, 0.29) is 29.9 Å². The molecular formula is C26H32ClN3O5. The SMILES string of the molecule is CCCOC(=O)N1CCN(C(=O)c2ccc3c(Cl)c4c(nc3c2)CCC(CC(=O)OC)C4)C[C@H]1C. The van der Waals surface area contributed by atoms with Gasteiger partial charge in [0.05, 0.1) is 24.3 Å². The van der Waals surface area contributed by atoms with Crippen molar-refractivity contribution in [3.8, 4) is 0 Å². The smallest absolute Gasteiger partial charge is 0.410 e. The highest BCUT2D eigenvalue weighted by atomic mass is 35.5. The van der Waals surface area contributed by atoms with Gasteiger partial charge in [-0.05, 0) is 56.2 Å². The summed E-state index contributed by atoms with van der Waals surface area (Å²) in [6.45, 7) is 5.60. The van der Waals surface area contributed by atoms with Crippen molar-refractivity contribution in [3.05, 3.63) is 40.0 Å². The Morgan fingerprint density at radius 1 is 1.23 bits per heavy atom. The van der Waals surface area contributed by atoms with Gasteiger partial charge in [-0.15, -0.1) is 0 Å². The Bertz CT molecular complexity index is 1140. The van der Waals surface area contributed by atoms with Gasteiger partial charge in [0.1, 0.15) is 0 Å². The van der Waals surface area contributed by atoms with Crippen LogP contribution in [0, 0.1) is 5.92 Å². The van der Waals surface area contributed by atoms with E-state index in [0.717, 1.165) is 35.9 Å². The summed E-state index contributed by atoms with van der Waals surface area (Å²) in [4.78, 5) is 45.5. The number of hydrogen-bond acceptors (Lipinski definition) is 6. The molecule has 1 aromatic heterocycles. The number of methoxy groups -OCH3 is 1. The number of nitrogens with zero attached hydrogens (tertiary/aromatic N) is 3. The topological polar surface area (TPSA) is 89.0 Å². The van der Waals surface area contributed by atoms with Crippen LogP contribution in [0.1, 0.15) is 54.7 Å². The maximum Gasteiger partial charge on any atom is 0.410 e. The van der Waals surface area contributed by atoms with Crippen LogP contribution in [-0.2, 0) is 27.1 Å². The van der Waals surface area contributed by atoms with Gasteiger partial charge in [0, 0.05) is 48.7 Å². The summed E-state index contributed by atoms with van der Waals surface area (Å²) in [6, 6.07) is 5.31. The number of carbonyl (C=O) groups is 3. The highest BCUT2D eigenvalue weighted by Gasteiger charge is 2.31. The minimum absolute atomic E-state index is 0.0888. The van der Waals surface area contributed by atoms with Crippen molar-refractivity contribution >= 4 is 40.5 Å². The molecule has 0 saturated carbocycles. The second kappa shape index (κ2) is 10.8. The molecule has 8 nitrogen and oxygen atoms in total. The zero-order valence-electron chi connectivity index (χ0n) is 20.5. The van der Waals surface area contributed by atoms with E-state index in [9.17, 15) is 14.4 Å². The molecule has 0 spiro atoms. The van der Waals surface area contributed by atoms with Gasteiger partial charge in [0.2, 0.25) is 0 Å². The van der Waals surface area contributed by atoms with Crippen LogP contribution in [0.3, 0.4) is 0 Å². The lowest BCUT2D eigenvalue weighted by Gasteiger charge is -2.39. The standard InChI is InChI=1S/C26H32ClN3O5/c1-4-11-35-26(33)30-10-9-29(15-16(30)2)25(32)18-6-7-19-22(14-18)28-21-8-5-17(13-23(31)34-3)12-20(21)24(19)27/h6-7,14,16-17H,4-5,8-13,15H2,1-3H3/t16-,17?/m1/s1. The van der Waals surface area contributed by atoms with Crippen LogP contribution in [-0.4, -0.2) is 72.1 Å². The highest BCUT2D eigenvalue weighted by Crippen LogP contribution is 2.36. The largest absolute Gasteiger partial charge is 0.469 e. The number of hydrogen-bond donors (Lipinski definition) is 0. The number of aryl methyl sites for hydroxylation is 1. The first-order valence-corrected chi connectivity index (χ1v) is 12.6. The molecule has 9 heteroatoms. The monoisotopic (exact) mass is 501 g/mol. The molecule has 1 aliphatic carbocycles. The first kappa shape index (κ1) is 25.2. The van der Waals surface area contributed by atoms with Gasteiger partial charge in [-0.25, -0.2) is 4.79 Å². The van der Waals surface area contributed by atoms with E-state index in [1.54, 1.807) is 21.9 Å². The molecule has 0 bridgehead atoms. The number of rotatable bonds is 5. The molecule has 2 atom stereocenters. The third-order valence-corrected chi connectivity index (χ3v) is 7.33. The lowest BCUT2D eigenvalue weighted by Crippen LogP contribution is -2.55. The lowest BCUT2D eigenvalue weighted by atomic mass is 9.84. The Balaban J connectivity index is 1.49. The molecule has 2 aromatic rings. The zero-order valence-corrected chi connectivity index (χ0v) is 21.3. The van der Waals surface area contributed by atoms with Gasteiger partial charge in [0.25, 0.3) is 5.91 Å². The molecule has 2 heterocycles. The van der Waals surface area contributed by atoms with Crippen molar-refractivity contribution in [1.29, 1.82) is 0 Å².